The SMILES string of the molecule is NNC(=O)CCCCN(CC1CC1)C1CC1. The lowest BCUT2D eigenvalue weighted by Gasteiger charge is -2.21. The molecular formula is C12H23N3O. The molecule has 1 amide bonds. The molecule has 0 aliphatic heterocycles. The van der Waals surface area contributed by atoms with E-state index in [1.54, 1.807) is 0 Å². The topological polar surface area (TPSA) is 58.4 Å². The summed E-state index contributed by atoms with van der Waals surface area (Å²) in [5, 5.41) is 0. The zero-order chi connectivity index (χ0) is 11.4. The molecule has 0 aromatic heterocycles. The van der Waals surface area contributed by atoms with Gasteiger partial charge in [-0.2, -0.15) is 0 Å². The zero-order valence-corrected chi connectivity index (χ0v) is 9.95. The molecule has 4 heteroatoms. The average Bonchev–Trinajstić information content (AvgIpc) is 3.14. The first-order chi connectivity index (χ1) is 7.79. The number of carbonyl (C=O) groups excluding carboxylic acids is 1. The fourth-order valence-corrected chi connectivity index (χ4v) is 2.17. The molecule has 3 N–H and O–H groups in total. The third-order valence-corrected chi connectivity index (χ3v) is 3.51. The Labute approximate surface area is 97.5 Å². The first-order valence-electron chi connectivity index (χ1n) is 6.53. The quantitative estimate of drug-likeness (QED) is 0.281. The Balaban J connectivity index is 1.56. The molecule has 2 saturated carbocycles. The average molecular weight is 225 g/mol. The summed E-state index contributed by atoms with van der Waals surface area (Å²) in [6.45, 7) is 2.47. The molecular weight excluding hydrogens is 202 g/mol. The van der Waals surface area contributed by atoms with Gasteiger partial charge >= 0.3 is 0 Å². The van der Waals surface area contributed by atoms with Gasteiger partial charge in [0.15, 0.2) is 0 Å². The maximum Gasteiger partial charge on any atom is 0.233 e. The summed E-state index contributed by atoms with van der Waals surface area (Å²) in [7, 11) is 0. The molecule has 0 atom stereocenters. The van der Waals surface area contributed by atoms with Crippen molar-refractivity contribution >= 4 is 5.91 Å². The lowest BCUT2D eigenvalue weighted by molar-refractivity contribution is -0.121. The van der Waals surface area contributed by atoms with Gasteiger partial charge < -0.3 is 4.90 Å². The fraction of sp³-hybridized carbons (Fsp3) is 0.917. The van der Waals surface area contributed by atoms with Crippen molar-refractivity contribution in [3.63, 3.8) is 0 Å². The Bertz CT molecular complexity index is 236. The first kappa shape index (κ1) is 11.9. The highest BCUT2D eigenvalue weighted by Gasteiger charge is 2.32. The Morgan fingerprint density at radius 1 is 1.25 bits per heavy atom. The van der Waals surface area contributed by atoms with Gasteiger partial charge in [-0.1, -0.05) is 0 Å². The second kappa shape index (κ2) is 5.64. The minimum absolute atomic E-state index is 0.0415. The molecule has 0 aromatic rings. The summed E-state index contributed by atoms with van der Waals surface area (Å²) in [6, 6.07) is 0.865. The van der Waals surface area contributed by atoms with E-state index >= 15 is 0 Å². The number of hydrogen-bond acceptors (Lipinski definition) is 3. The predicted molar refractivity (Wildman–Crippen MR) is 63.5 cm³/mol. The van der Waals surface area contributed by atoms with Crippen molar-refractivity contribution in [2.45, 2.75) is 51.0 Å². The van der Waals surface area contributed by atoms with Crippen LogP contribution in [0.15, 0.2) is 0 Å². The monoisotopic (exact) mass is 225 g/mol. The standard InChI is InChI=1S/C12H23N3O/c13-14-12(16)3-1-2-8-15(11-6-7-11)9-10-4-5-10/h10-11H,1-9,13H2,(H,14,16). The molecule has 16 heavy (non-hydrogen) atoms. The van der Waals surface area contributed by atoms with Gasteiger partial charge in [-0.3, -0.25) is 10.2 Å². The lowest BCUT2D eigenvalue weighted by atomic mass is 10.2. The van der Waals surface area contributed by atoms with E-state index in [0.29, 0.717) is 6.42 Å². The number of nitrogens with zero attached hydrogens (tertiary/aromatic N) is 1. The van der Waals surface area contributed by atoms with Crippen LogP contribution in [0.25, 0.3) is 0 Å². The number of carbonyl (C=O) groups is 1. The van der Waals surface area contributed by atoms with Gasteiger partial charge in [0.25, 0.3) is 0 Å². The van der Waals surface area contributed by atoms with Crippen LogP contribution in [0.5, 0.6) is 0 Å². The van der Waals surface area contributed by atoms with E-state index in [1.165, 1.54) is 38.8 Å². The largest absolute Gasteiger partial charge is 0.300 e. The second-order valence-electron chi connectivity index (χ2n) is 5.19. The summed E-state index contributed by atoms with van der Waals surface area (Å²) in [5.74, 6) is 5.97. The Morgan fingerprint density at radius 2 is 2.00 bits per heavy atom. The molecule has 0 saturated heterocycles. The van der Waals surface area contributed by atoms with Gasteiger partial charge in [-0.15, -0.1) is 0 Å². The number of unbranched alkanes of at least 4 members (excludes halogenated alkanes) is 1. The van der Waals surface area contributed by atoms with Gasteiger partial charge in [-0.25, -0.2) is 5.84 Å². The van der Waals surface area contributed by atoms with Gasteiger partial charge in [-0.05, 0) is 51.0 Å². The predicted octanol–water partition coefficient (Wildman–Crippen LogP) is 1.02. The summed E-state index contributed by atoms with van der Waals surface area (Å²) < 4.78 is 0. The highest BCUT2D eigenvalue weighted by molar-refractivity contribution is 5.75. The van der Waals surface area contributed by atoms with Crippen LogP contribution in [0.4, 0.5) is 0 Å². The van der Waals surface area contributed by atoms with Crippen molar-refractivity contribution in [2.75, 3.05) is 13.1 Å². The van der Waals surface area contributed by atoms with Crippen molar-refractivity contribution in [1.82, 2.24) is 10.3 Å². The van der Waals surface area contributed by atoms with E-state index in [0.717, 1.165) is 24.8 Å². The molecule has 2 aliphatic rings. The van der Waals surface area contributed by atoms with Crippen LogP contribution < -0.4 is 11.3 Å². The molecule has 2 aliphatic carbocycles. The lowest BCUT2D eigenvalue weighted by Crippen LogP contribution is -2.31. The Kier molecular flexibility index (Phi) is 4.18. The van der Waals surface area contributed by atoms with Gasteiger partial charge in [0.05, 0.1) is 0 Å². The minimum atomic E-state index is -0.0415. The van der Waals surface area contributed by atoms with Crippen LogP contribution >= 0.6 is 0 Å². The van der Waals surface area contributed by atoms with E-state index in [4.69, 9.17) is 5.84 Å². The van der Waals surface area contributed by atoms with Gasteiger partial charge in [0, 0.05) is 19.0 Å². The summed E-state index contributed by atoms with van der Waals surface area (Å²) in [4.78, 5) is 13.6. The molecule has 2 fully saturated rings. The molecule has 0 unspecified atom stereocenters. The number of amides is 1. The van der Waals surface area contributed by atoms with E-state index in [-0.39, 0.29) is 5.91 Å². The van der Waals surface area contributed by atoms with E-state index in [2.05, 4.69) is 10.3 Å². The molecule has 2 rings (SSSR count). The highest BCUT2D eigenvalue weighted by Crippen LogP contribution is 2.34. The highest BCUT2D eigenvalue weighted by atomic mass is 16.2. The number of nitrogens with two attached hydrogens (primary N) is 1. The molecule has 0 heterocycles. The maximum absolute atomic E-state index is 10.9. The van der Waals surface area contributed by atoms with E-state index in [1.807, 2.05) is 0 Å². The van der Waals surface area contributed by atoms with E-state index < -0.39 is 0 Å². The number of hydrazine groups is 1. The van der Waals surface area contributed by atoms with Crippen molar-refractivity contribution in [1.29, 1.82) is 0 Å². The summed E-state index contributed by atoms with van der Waals surface area (Å²) >= 11 is 0. The van der Waals surface area contributed by atoms with Gasteiger partial charge in [0.2, 0.25) is 5.91 Å². The summed E-state index contributed by atoms with van der Waals surface area (Å²) in [5.41, 5.74) is 2.18. The third kappa shape index (κ3) is 4.10. The zero-order valence-electron chi connectivity index (χ0n) is 9.95. The number of hydrogen-bond donors (Lipinski definition) is 2. The fourth-order valence-electron chi connectivity index (χ4n) is 2.17. The van der Waals surface area contributed by atoms with Crippen LogP contribution in [-0.2, 0) is 4.79 Å². The Hall–Kier alpha value is -0.610. The van der Waals surface area contributed by atoms with Crippen molar-refractivity contribution in [2.24, 2.45) is 11.8 Å². The number of nitrogens with one attached hydrogen (secondary N) is 1. The number of rotatable bonds is 8. The third-order valence-electron chi connectivity index (χ3n) is 3.51. The minimum Gasteiger partial charge on any atom is -0.300 e. The molecule has 0 radical (unpaired) electrons. The van der Waals surface area contributed by atoms with Crippen LogP contribution in [0.1, 0.15) is 44.9 Å². The summed E-state index contributed by atoms with van der Waals surface area (Å²) in [6.07, 6.45) is 8.27. The van der Waals surface area contributed by atoms with Crippen LogP contribution in [0, 0.1) is 5.92 Å². The van der Waals surface area contributed by atoms with Crippen molar-refractivity contribution in [3.8, 4) is 0 Å². The van der Waals surface area contributed by atoms with Crippen LogP contribution in [-0.4, -0.2) is 29.9 Å². The van der Waals surface area contributed by atoms with E-state index in [9.17, 15) is 4.79 Å². The molecule has 0 aromatic carbocycles. The van der Waals surface area contributed by atoms with Crippen LogP contribution in [0.3, 0.4) is 0 Å². The second-order valence-corrected chi connectivity index (χ2v) is 5.19. The van der Waals surface area contributed by atoms with Gasteiger partial charge in [0.1, 0.15) is 0 Å². The van der Waals surface area contributed by atoms with Crippen LogP contribution in [0.2, 0.25) is 0 Å². The maximum atomic E-state index is 10.9. The molecule has 4 nitrogen and oxygen atoms in total. The van der Waals surface area contributed by atoms with Crippen molar-refractivity contribution in [3.05, 3.63) is 0 Å². The smallest absolute Gasteiger partial charge is 0.233 e. The van der Waals surface area contributed by atoms with Crippen molar-refractivity contribution < 1.29 is 4.79 Å². The molecule has 92 valence electrons. The molecule has 0 spiro atoms. The molecule has 0 bridgehead atoms. The first-order valence-corrected chi connectivity index (χ1v) is 6.53. The normalized spacial score (nSPS) is 20.1. The Morgan fingerprint density at radius 3 is 2.56 bits per heavy atom.